The van der Waals surface area contributed by atoms with Crippen molar-refractivity contribution in [3.05, 3.63) is 82.0 Å². The van der Waals surface area contributed by atoms with Crippen LogP contribution in [-0.2, 0) is 11.3 Å². The number of nitrogens with zero attached hydrogens (tertiary/aromatic N) is 2. The predicted octanol–water partition coefficient (Wildman–Crippen LogP) is 2.84. The van der Waals surface area contributed by atoms with E-state index in [4.69, 9.17) is 4.74 Å². The lowest BCUT2D eigenvalue weighted by Crippen LogP contribution is -2.16. The molecule has 4 rings (SSSR count). The zero-order valence-corrected chi connectivity index (χ0v) is 13.5. The standard InChI is InChI=1S/C19H15N3O3/c1-12-6-7-22-17(8-12)20-14(10-18(22)23)11-25-19(24)16-9-13-4-2-3-5-15(13)21-16/h2-10,21H,11H2,1H3. The fourth-order valence-corrected chi connectivity index (χ4v) is 2.73. The number of ether oxygens (including phenoxy) is 1. The van der Waals surface area contributed by atoms with Gasteiger partial charge in [0.05, 0.1) is 5.69 Å². The van der Waals surface area contributed by atoms with Crippen molar-refractivity contribution in [2.45, 2.75) is 13.5 Å². The zero-order chi connectivity index (χ0) is 17.4. The van der Waals surface area contributed by atoms with Gasteiger partial charge in [-0.3, -0.25) is 9.20 Å². The van der Waals surface area contributed by atoms with Crippen LogP contribution in [0, 0.1) is 6.92 Å². The Balaban J connectivity index is 1.57. The van der Waals surface area contributed by atoms with Crippen LogP contribution in [0.15, 0.2) is 59.5 Å². The number of H-pyrrole nitrogens is 1. The molecule has 0 aliphatic carbocycles. The Labute approximate surface area is 142 Å². The van der Waals surface area contributed by atoms with Gasteiger partial charge in [-0.25, -0.2) is 9.78 Å². The minimum absolute atomic E-state index is 0.0616. The number of rotatable bonds is 3. The number of aromatic amines is 1. The number of para-hydroxylation sites is 1. The van der Waals surface area contributed by atoms with E-state index < -0.39 is 5.97 Å². The molecule has 0 saturated heterocycles. The zero-order valence-electron chi connectivity index (χ0n) is 13.5. The maximum atomic E-state index is 12.2. The van der Waals surface area contributed by atoms with Crippen molar-refractivity contribution in [2.24, 2.45) is 0 Å². The first-order valence-electron chi connectivity index (χ1n) is 7.84. The van der Waals surface area contributed by atoms with E-state index in [2.05, 4.69) is 9.97 Å². The van der Waals surface area contributed by atoms with E-state index in [0.717, 1.165) is 16.5 Å². The van der Waals surface area contributed by atoms with Gasteiger partial charge in [-0.1, -0.05) is 18.2 Å². The van der Waals surface area contributed by atoms with E-state index in [1.165, 1.54) is 10.5 Å². The second-order valence-electron chi connectivity index (χ2n) is 5.86. The lowest BCUT2D eigenvalue weighted by Gasteiger charge is -2.06. The monoisotopic (exact) mass is 333 g/mol. The van der Waals surface area contributed by atoms with Gasteiger partial charge in [-0.05, 0) is 36.8 Å². The fraction of sp³-hybridized carbons (Fsp3) is 0.105. The summed E-state index contributed by atoms with van der Waals surface area (Å²) in [4.78, 5) is 31.7. The van der Waals surface area contributed by atoms with Gasteiger partial charge in [0.2, 0.25) is 0 Å². The largest absolute Gasteiger partial charge is 0.455 e. The number of carbonyl (C=O) groups excluding carboxylic acids is 1. The van der Waals surface area contributed by atoms with Crippen LogP contribution in [0.3, 0.4) is 0 Å². The van der Waals surface area contributed by atoms with E-state index in [-0.39, 0.29) is 12.2 Å². The molecule has 6 nitrogen and oxygen atoms in total. The summed E-state index contributed by atoms with van der Waals surface area (Å²) >= 11 is 0. The molecular formula is C19H15N3O3. The quantitative estimate of drug-likeness (QED) is 0.585. The summed E-state index contributed by atoms with van der Waals surface area (Å²) in [5, 5.41) is 0.937. The highest BCUT2D eigenvalue weighted by Gasteiger charge is 2.12. The number of nitrogens with one attached hydrogen (secondary N) is 1. The molecular weight excluding hydrogens is 318 g/mol. The van der Waals surface area contributed by atoms with Crippen LogP contribution in [0.5, 0.6) is 0 Å². The number of hydrogen-bond donors (Lipinski definition) is 1. The molecule has 0 aliphatic rings. The maximum Gasteiger partial charge on any atom is 0.355 e. The number of carbonyl (C=O) groups is 1. The highest BCUT2D eigenvalue weighted by atomic mass is 16.5. The third-order valence-corrected chi connectivity index (χ3v) is 3.98. The molecule has 0 amide bonds. The van der Waals surface area contributed by atoms with E-state index in [1.54, 1.807) is 12.3 Å². The van der Waals surface area contributed by atoms with Gasteiger partial charge >= 0.3 is 5.97 Å². The summed E-state index contributed by atoms with van der Waals surface area (Å²) in [6.45, 7) is 1.86. The third kappa shape index (κ3) is 2.89. The number of aryl methyl sites for hydroxylation is 1. The summed E-state index contributed by atoms with van der Waals surface area (Å²) < 4.78 is 6.75. The average Bonchev–Trinajstić information content (AvgIpc) is 3.03. The average molecular weight is 333 g/mol. The van der Waals surface area contributed by atoms with Gasteiger partial charge in [0.15, 0.2) is 0 Å². The minimum Gasteiger partial charge on any atom is -0.455 e. The topological polar surface area (TPSA) is 76.5 Å². The number of pyridine rings is 1. The Morgan fingerprint density at radius 3 is 2.88 bits per heavy atom. The highest BCUT2D eigenvalue weighted by Crippen LogP contribution is 2.15. The number of benzene rings is 1. The Morgan fingerprint density at radius 2 is 2.04 bits per heavy atom. The lowest BCUT2D eigenvalue weighted by atomic mass is 10.2. The van der Waals surface area contributed by atoms with E-state index in [1.807, 2.05) is 43.3 Å². The first-order valence-corrected chi connectivity index (χ1v) is 7.84. The third-order valence-electron chi connectivity index (χ3n) is 3.98. The van der Waals surface area contributed by atoms with Crippen molar-refractivity contribution >= 4 is 22.5 Å². The van der Waals surface area contributed by atoms with Crippen molar-refractivity contribution < 1.29 is 9.53 Å². The summed E-state index contributed by atoms with van der Waals surface area (Å²) in [5.74, 6) is -0.484. The minimum atomic E-state index is -0.484. The second kappa shape index (κ2) is 5.90. The molecule has 124 valence electrons. The summed E-state index contributed by atoms with van der Waals surface area (Å²) in [7, 11) is 0. The van der Waals surface area contributed by atoms with Crippen molar-refractivity contribution in [1.29, 1.82) is 0 Å². The van der Waals surface area contributed by atoms with Gasteiger partial charge in [0.25, 0.3) is 5.56 Å². The van der Waals surface area contributed by atoms with Crippen molar-refractivity contribution in [3.63, 3.8) is 0 Å². The SMILES string of the molecule is Cc1ccn2c(=O)cc(COC(=O)c3cc4ccccc4[nH]3)nc2c1. The van der Waals surface area contributed by atoms with Crippen LogP contribution in [0.1, 0.15) is 21.7 Å². The smallest absolute Gasteiger partial charge is 0.355 e. The number of hydrogen-bond acceptors (Lipinski definition) is 4. The molecule has 0 bridgehead atoms. The van der Waals surface area contributed by atoms with Crippen LogP contribution in [0.25, 0.3) is 16.6 Å². The molecule has 6 heteroatoms. The lowest BCUT2D eigenvalue weighted by molar-refractivity contribution is 0.0462. The molecule has 3 heterocycles. The number of aromatic nitrogens is 3. The molecule has 1 aromatic carbocycles. The van der Waals surface area contributed by atoms with Gasteiger partial charge in [0, 0.05) is 23.2 Å². The molecule has 0 fully saturated rings. The van der Waals surface area contributed by atoms with Crippen molar-refractivity contribution in [2.75, 3.05) is 0 Å². The molecule has 25 heavy (non-hydrogen) atoms. The fourth-order valence-electron chi connectivity index (χ4n) is 2.73. The molecule has 0 spiro atoms. The van der Waals surface area contributed by atoms with E-state index in [0.29, 0.717) is 17.0 Å². The summed E-state index contributed by atoms with van der Waals surface area (Å²) in [6, 6.07) is 14.4. The molecule has 0 saturated carbocycles. The summed E-state index contributed by atoms with van der Waals surface area (Å²) in [6.07, 6.45) is 1.68. The van der Waals surface area contributed by atoms with Crippen LogP contribution < -0.4 is 5.56 Å². The Morgan fingerprint density at radius 1 is 1.20 bits per heavy atom. The predicted molar refractivity (Wildman–Crippen MR) is 93.6 cm³/mol. The number of esters is 1. The molecule has 1 N–H and O–H groups in total. The number of fused-ring (bicyclic) bond motifs is 2. The maximum absolute atomic E-state index is 12.2. The summed E-state index contributed by atoms with van der Waals surface area (Å²) in [5.41, 5.74) is 2.98. The molecule has 0 aliphatic heterocycles. The second-order valence-corrected chi connectivity index (χ2v) is 5.86. The highest BCUT2D eigenvalue weighted by molar-refractivity contribution is 5.94. The molecule has 4 aromatic rings. The van der Waals surface area contributed by atoms with Crippen molar-refractivity contribution in [3.8, 4) is 0 Å². The normalized spacial score (nSPS) is 11.1. The Bertz CT molecular complexity index is 1120. The van der Waals surface area contributed by atoms with Gasteiger partial charge in [-0.15, -0.1) is 0 Å². The van der Waals surface area contributed by atoms with Crippen LogP contribution in [0.2, 0.25) is 0 Å². The van der Waals surface area contributed by atoms with E-state index >= 15 is 0 Å². The molecule has 0 atom stereocenters. The Hall–Kier alpha value is -3.41. The first-order chi connectivity index (χ1) is 12.1. The van der Waals surface area contributed by atoms with Gasteiger partial charge in [-0.2, -0.15) is 0 Å². The van der Waals surface area contributed by atoms with Crippen LogP contribution in [0.4, 0.5) is 0 Å². The molecule has 3 aromatic heterocycles. The van der Waals surface area contributed by atoms with Gasteiger partial charge < -0.3 is 9.72 Å². The van der Waals surface area contributed by atoms with Crippen LogP contribution in [-0.4, -0.2) is 20.3 Å². The van der Waals surface area contributed by atoms with Crippen molar-refractivity contribution in [1.82, 2.24) is 14.4 Å². The van der Waals surface area contributed by atoms with E-state index in [9.17, 15) is 9.59 Å². The van der Waals surface area contributed by atoms with Crippen LogP contribution >= 0.6 is 0 Å². The first kappa shape index (κ1) is 15.1. The Kier molecular flexibility index (Phi) is 3.57. The molecule has 0 radical (unpaired) electrons. The van der Waals surface area contributed by atoms with Gasteiger partial charge in [0.1, 0.15) is 17.9 Å². The molecule has 0 unspecified atom stereocenters.